The topological polar surface area (TPSA) is 26.7 Å². The molecule has 0 radical (unpaired) electrons. The lowest BCUT2D eigenvalue weighted by atomic mass is 10.0. The molecule has 0 amide bonds. The highest BCUT2D eigenvalue weighted by Gasteiger charge is 2.29. The molecule has 0 aromatic heterocycles. The quantitative estimate of drug-likeness (QED) is 0.864. The maximum atomic E-state index is 9.58. The Kier molecular flexibility index (Phi) is 3.93. The minimum absolute atomic E-state index is 0.202. The van der Waals surface area contributed by atoms with Gasteiger partial charge in [0.2, 0.25) is 0 Å². The number of likely N-dealkylation sites (N-methyl/N-ethyl adjacent to an activating group) is 1. The molecule has 0 spiro atoms. The molecule has 1 heterocycles. The van der Waals surface area contributed by atoms with Crippen molar-refractivity contribution in [3.05, 3.63) is 29.3 Å². The van der Waals surface area contributed by atoms with Gasteiger partial charge in [-0.3, -0.25) is 4.90 Å². The number of aliphatic hydroxyl groups is 1. The first kappa shape index (κ1) is 13.4. The third-order valence-corrected chi connectivity index (χ3v) is 4.19. The Hall–Kier alpha value is -1.06. The summed E-state index contributed by atoms with van der Waals surface area (Å²) in [5, 5.41) is 9.58. The fourth-order valence-electron chi connectivity index (χ4n) is 2.56. The Labute approximate surface area is 110 Å². The molecule has 1 fully saturated rings. The highest BCUT2D eigenvalue weighted by molar-refractivity contribution is 5.52. The molecule has 1 aromatic rings. The second-order valence-electron chi connectivity index (χ2n) is 5.55. The van der Waals surface area contributed by atoms with Crippen LogP contribution >= 0.6 is 0 Å². The summed E-state index contributed by atoms with van der Waals surface area (Å²) < 4.78 is 0. The molecule has 3 heteroatoms. The maximum Gasteiger partial charge on any atom is 0.0648 e. The van der Waals surface area contributed by atoms with Crippen molar-refractivity contribution in [3.8, 4) is 0 Å². The molecule has 2 atom stereocenters. The molecule has 100 valence electrons. The van der Waals surface area contributed by atoms with Crippen molar-refractivity contribution in [2.45, 2.75) is 32.9 Å². The van der Waals surface area contributed by atoms with E-state index in [1.165, 1.54) is 16.8 Å². The van der Waals surface area contributed by atoms with Crippen molar-refractivity contribution in [1.29, 1.82) is 0 Å². The Morgan fingerprint density at radius 1 is 1.22 bits per heavy atom. The van der Waals surface area contributed by atoms with Crippen molar-refractivity contribution in [2.75, 3.05) is 31.6 Å². The second-order valence-corrected chi connectivity index (χ2v) is 5.55. The maximum absolute atomic E-state index is 9.58. The molecule has 2 rings (SSSR count). The van der Waals surface area contributed by atoms with Gasteiger partial charge in [0.15, 0.2) is 0 Å². The summed E-state index contributed by atoms with van der Waals surface area (Å²) in [6.07, 6.45) is 0. The van der Waals surface area contributed by atoms with Gasteiger partial charge in [0.05, 0.1) is 12.6 Å². The predicted octanol–water partition coefficient (Wildman–Crippen LogP) is 1.80. The Bertz CT molecular complexity index is 419. The number of aryl methyl sites for hydroxylation is 2. The molecule has 1 aromatic carbocycles. The summed E-state index contributed by atoms with van der Waals surface area (Å²) in [7, 11) is 2.13. The third kappa shape index (κ3) is 2.52. The standard InChI is InChI=1S/C15H24N2O/c1-11-5-6-14(7-12(11)2)17-8-13(3)16(4)9-15(17)10-18/h5-7,13,15,18H,8-10H2,1-4H3. The zero-order valence-electron chi connectivity index (χ0n) is 11.8. The van der Waals surface area contributed by atoms with Gasteiger partial charge < -0.3 is 10.0 Å². The molecule has 0 saturated carbocycles. The zero-order valence-corrected chi connectivity index (χ0v) is 11.8. The fourth-order valence-corrected chi connectivity index (χ4v) is 2.56. The number of benzene rings is 1. The van der Waals surface area contributed by atoms with Gasteiger partial charge in [0.1, 0.15) is 0 Å². The van der Waals surface area contributed by atoms with Crippen molar-refractivity contribution < 1.29 is 5.11 Å². The number of piperazine rings is 1. The smallest absolute Gasteiger partial charge is 0.0648 e. The molecule has 18 heavy (non-hydrogen) atoms. The van der Waals surface area contributed by atoms with Crippen molar-refractivity contribution >= 4 is 5.69 Å². The van der Waals surface area contributed by atoms with Gasteiger partial charge in [-0.05, 0) is 51.1 Å². The van der Waals surface area contributed by atoms with Crippen LogP contribution in [0.3, 0.4) is 0 Å². The molecular formula is C15H24N2O. The predicted molar refractivity (Wildman–Crippen MR) is 76.2 cm³/mol. The number of rotatable bonds is 2. The van der Waals surface area contributed by atoms with E-state index in [1.54, 1.807) is 0 Å². The highest BCUT2D eigenvalue weighted by atomic mass is 16.3. The number of anilines is 1. The average molecular weight is 248 g/mol. The summed E-state index contributed by atoms with van der Waals surface area (Å²) in [5.74, 6) is 0. The van der Waals surface area contributed by atoms with E-state index in [0.29, 0.717) is 6.04 Å². The minimum Gasteiger partial charge on any atom is -0.394 e. The van der Waals surface area contributed by atoms with E-state index >= 15 is 0 Å². The minimum atomic E-state index is 0.202. The van der Waals surface area contributed by atoms with Crippen LogP contribution in [0, 0.1) is 13.8 Å². The van der Waals surface area contributed by atoms with Gasteiger partial charge in [0.25, 0.3) is 0 Å². The van der Waals surface area contributed by atoms with Crippen LogP contribution in [0.1, 0.15) is 18.1 Å². The van der Waals surface area contributed by atoms with Gasteiger partial charge in [-0.25, -0.2) is 0 Å². The Morgan fingerprint density at radius 2 is 1.94 bits per heavy atom. The third-order valence-electron chi connectivity index (χ3n) is 4.19. The molecule has 0 aliphatic carbocycles. The largest absolute Gasteiger partial charge is 0.394 e. The van der Waals surface area contributed by atoms with Crippen molar-refractivity contribution in [3.63, 3.8) is 0 Å². The van der Waals surface area contributed by atoms with E-state index in [1.807, 2.05) is 0 Å². The first-order valence-electron chi connectivity index (χ1n) is 6.68. The van der Waals surface area contributed by atoms with Crippen LogP contribution in [0.2, 0.25) is 0 Å². The fraction of sp³-hybridized carbons (Fsp3) is 0.600. The average Bonchev–Trinajstić information content (AvgIpc) is 2.35. The summed E-state index contributed by atoms with van der Waals surface area (Å²) in [4.78, 5) is 4.66. The van der Waals surface area contributed by atoms with Gasteiger partial charge in [-0.1, -0.05) is 6.07 Å². The molecule has 1 N–H and O–H groups in total. The summed E-state index contributed by atoms with van der Waals surface area (Å²) >= 11 is 0. The monoisotopic (exact) mass is 248 g/mol. The normalized spacial score (nSPS) is 25.5. The molecule has 2 unspecified atom stereocenters. The number of hydrogen-bond acceptors (Lipinski definition) is 3. The lowest BCUT2D eigenvalue weighted by molar-refractivity contribution is 0.155. The van der Waals surface area contributed by atoms with Crippen molar-refractivity contribution in [1.82, 2.24) is 4.90 Å². The van der Waals surface area contributed by atoms with E-state index in [2.05, 4.69) is 55.8 Å². The van der Waals surface area contributed by atoms with Gasteiger partial charge >= 0.3 is 0 Å². The van der Waals surface area contributed by atoms with Crippen LogP contribution in [-0.2, 0) is 0 Å². The lowest BCUT2D eigenvalue weighted by Crippen LogP contribution is -2.57. The Balaban J connectivity index is 2.26. The summed E-state index contributed by atoms with van der Waals surface area (Å²) in [5.41, 5.74) is 3.87. The zero-order chi connectivity index (χ0) is 13.3. The first-order chi connectivity index (χ1) is 8.52. The lowest BCUT2D eigenvalue weighted by Gasteiger charge is -2.44. The molecule has 3 nitrogen and oxygen atoms in total. The molecule has 1 aliphatic rings. The van der Waals surface area contributed by atoms with Crippen LogP contribution in [0.25, 0.3) is 0 Å². The SMILES string of the molecule is Cc1ccc(N2CC(C)N(C)CC2CO)cc1C. The molecular weight excluding hydrogens is 224 g/mol. The van der Waals surface area contributed by atoms with Crippen LogP contribution in [0.5, 0.6) is 0 Å². The van der Waals surface area contributed by atoms with E-state index < -0.39 is 0 Å². The van der Waals surface area contributed by atoms with E-state index in [-0.39, 0.29) is 12.6 Å². The van der Waals surface area contributed by atoms with E-state index in [9.17, 15) is 5.11 Å². The summed E-state index contributed by atoms with van der Waals surface area (Å²) in [6.45, 7) is 8.63. The Morgan fingerprint density at radius 3 is 2.56 bits per heavy atom. The van der Waals surface area contributed by atoms with Crippen LogP contribution < -0.4 is 4.90 Å². The van der Waals surface area contributed by atoms with Gasteiger partial charge in [-0.15, -0.1) is 0 Å². The van der Waals surface area contributed by atoms with E-state index in [4.69, 9.17) is 0 Å². The summed E-state index contributed by atoms with van der Waals surface area (Å²) in [6, 6.07) is 7.30. The number of aliphatic hydroxyl groups excluding tert-OH is 1. The van der Waals surface area contributed by atoms with E-state index in [0.717, 1.165) is 13.1 Å². The van der Waals surface area contributed by atoms with Crippen molar-refractivity contribution in [2.24, 2.45) is 0 Å². The van der Waals surface area contributed by atoms with Crippen LogP contribution in [0.15, 0.2) is 18.2 Å². The number of hydrogen-bond donors (Lipinski definition) is 1. The van der Waals surface area contributed by atoms with Crippen LogP contribution in [-0.4, -0.2) is 48.8 Å². The number of nitrogens with zero attached hydrogens (tertiary/aromatic N) is 2. The molecule has 1 saturated heterocycles. The molecule has 1 aliphatic heterocycles. The van der Waals surface area contributed by atoms with Gasteiger partial charge in [0, 0.05) is 24.8 Å². The first-order valence-corrected chi connectivity index (χ1v) is 6.68. The highest BCUT2D eigenvalue weighted by Crippen LogP contribution is 2.24. The van der Waals surface area contributed by atoms with Gasteiger partial charge in [-0.2, -0.15) is 0 Å². The molecule has 0 bridgehead atoms. The second kappa shape index (κ2) is 5.29. The van der Waals surface area contributed by atoms with Crippen LogP contribution in [0.4, 0.5) is 5.69 Å².